The number of nitrogens with zero attached hydrogens (tertiary/aromatic N) is 2. The van der Waals surface area contributed by atoms with Gasteiger partial charge in [0, 0.05) is 12.6 Å². The molecule has 3 rings (SSSR count). The van der Waals surface area contributed by atoms with E-state index in [4.69, 9.17) is 11.6 Å². The molecule has 0 spiro atoms. The minimum Gasteiger partial charge on any atom is -0.390 e. The van der Waals surface area contributed by atoms with Crippen molar-refractivity contribution in [1.29, 1.82) is 0 Å². The van der Waals surface area contributed by atoms with Gasteiger partial charge in [-0.25, -0.2) is 0 Å². The van der Waals surface area contributed by atoms with Crippen molar-refractivity contribution in [1.82, 2.24) is 15.1 Å². The lowest BCUT2D eigenvalue weighted by molar-refractivity contribution is -0.137. The van der Waals surface area contributed by atoms with E-state index < -0.39 is 17.6 Å². The number of halogens is 4. The molecule has 1 fully saturated rings. The predicted octanol–water partition coefficient (Wildman–Crippen LogP) is 3.53. The van der Waals surface area contributed by atoms with Gasteiger partial charge in [0.05, 0.1) is 40.8 Å². The van der Waals surface area contributed by atoms with Crippen LogP contribution in [0.15, 0.2) is 24.3 Å². The van der Waals surface area contributed by atoms with Crippen LogP contribution >= 0.6 is 11.6 Å². The van der Waals surface area contributed by atoms with E-state index in [1.165, 1.54) is 0 Å². The van der Waals surface area contributed by atoms with Gasteiger partial charge in [-0.1, -0.05) is 11.6 Å². The van der Waals surface area contributed by atoms with Gasteiger partial charge in [-0.2, -0.15) is 18.3 Å². The van der Waals surface area contributed by atoms with Crippen molar-refractivity contribution in [3.8, 4) is 0 Å². The highest BCUT2D eigenvalue weighted by Gasteiger charge is 2.32. The maximum absolute atomic E-state index is 12.9. The van der Waals surface area contributed by atoms with E-state index in [-0.39, 0.29) is 35.8 Å². The zero-order valence-electron chi connectivity index (χ0n) is 16.1. The van der Waals surface area contributed by atoms with Crippen molar-refractivity contribution < 1.29 is 28.2 Å². The molecule has 1 aromatic carbocycles. The molecule has 1 aliphatic carbocycles. The number of hydrogen-bond donors (Lipinski definition) is 3. The molecule has 1 aliphatic rings. The summed E-state index contributed by atoms with van der Waals surface area (Å²) in [4.78, 5) is 12.5. The topological polar surface area (TPSA) is 87.4 Å². The quantitative estimate of drug-likeness (QED) is 0.634. The van der Waals surface area contributed by atoms with Crippen LogP contribution in [0, 0.1) is 5.92 Å². The molecule has 0 aliphatic heterocycles. The van der Waals surface area contributed by atoms with E-state index in [0.29, 0.717) is 30.8 Å². The normalized spacial score (nSPS) is 19.7. The van der Waals surface area contributed by atoms with Gasteiger partial charge < -0.3 is 15.5 Å². The van der Waals surface area contributed by atoms with Crippen LogP contribution in [-0.2, 0) is 25.9 Å². The lowest BCUT2D eigenvalue weighted by atomic mass is 9.86. The number of carbonyl (C=O) groups excluding carboxylic acids is 1. The minimum atomic E-state index is -4.55. The van der Waals surface area contributed by atoms with Crippen LogP contribution in [0.4, 0.5) is 13.2 Å². The fourth-order valence-corrected chi connectivity index (χ4v) is 3.95. The molecule has 0 saturated heterocycles. The van der Waals surface area contributed by atoms with Crippen molar-refractivity contribution in [3.63, 3.8) is 0 Å². The van der Waals surface area contributed by atoms with Gasteiger partial charge in [0.25, 0.3) is 5.91 Å². The predicted molar refractivity (Wildman–Crippen MR) is 104 cm³/mol. The van der Waals surface area contributed by atoms with Crippen molar-refractivity contribution in [3.05, 3.63) is 51.8 Å². The third kappa shape index (κ3) is 5.33. The highest BCUT2D eigenvalue weighted by molar-refractivity contribution is 6.33. The summed E-state index contributed by atoms with van der Waals surface area (Å²) in [6, 6.07) is 4.21. The smallest absolute Gasteiger partial charge is 0.390 e. The second kappa shape index (κ2) is 9.36. The van der Waals surface area contributed by atoms with Gasteiger partial charge in [-0.15, -0.1) is 0 Å². The SMILES string of the molecule is O=C(N[C@H]1CC[C@H](Cn2nc(CO)cc2CO)CC1)c1cc(C(F)(F)F)ccc1Cl. The van der Waals surface area contributed by atoms with Crippen LogP contribution in [0.25, 0.3) is 0 Å². The summed E-state index contributed by atoms with van der Waals surface area (Å²) in [5.74, 6) is -0.330. The Kier molecular flexibility index (Phi) is 7.05. The number of aromatic nitrogens is 2. The first kappa shape index (κ1) is 22.6. The van der Waals surface area contributed by atoms with Gasteiger partial charge >= 0.3 is 6.18 Å². The summed E-state index contributed by atoms with van der Waals surface area (Å²) in [5, 5.41) is 25.7. The summed E-state index contributed by atoms with van der Waals surface area (Å²) in [6.45, 7) is 0.225. The molecule has 1 saturated carbocycles. The lowest BCUT2D eigenvalue weighted by Gasteiger charge is -2.29. The molecule has 0 atom stereocenters. The van der Waals surface area contributed by atoms with Gasteiger partial charge in [-0.3, -0.25) is 9.48 Å². The number of nitrogens with one attached hydrogen (secondary N) is 1. The van der Waals surface area contributed by atoms with E-state index in [2.05, 4.69) is 10.4 Å². The molecule has 3 N–H and O–H groups in total. The average molecular weight is 446 g/mol. The van der Waals surface area contributed by atoms with E-state index in [1.54, 1.807) is 10.7 Å². The molecule has 0 unspecified atom stereocenters. The Morgan fingerprint density at radius 3 is 2.47 bits per heavy atom. The van der Waals surface area contributed by atoms with Crippen molar-refractivity contribution >= 4 is 17.5 Å². The number of aliphatic hydroxyl groups is 2. The number of benzene rings is 1. The first-order valence-electron chi connectivity index (χ1n) is 9.66. The second-order valence-electron chi connectivity index (χ2n) is 7.51. The lowest BCUT2D eigenvalue weighted by Crippen LogP contribution is -2.38. The highest BCUT2D eigenvalue weighted by atomic mass is 35.5. The standard InChI is InChI=1S/C20H23ClF3N3O3/c21-18-6-3-13(20(22,23)24)7-17(18)19(30)25-14-4-1-12(2-5-14)9-27-16(11-29)8-15(10-28)26-27/h3,6-8,12,14,28-29H,1-2,4-5,9-11H2,(H,25,30)/t12-,14-. The Hall–Kier alpha value is -2.10. The summed E-state index contributed by atoms with van der Waals surface area (Å²) >= 11 is 5.94. The summed E-state index contributed by atoms with van der Waals surface area (Å²) in [6.07, 6.45) is -1.61. The number of rotatable bonds is 6. The Bertz CT molecular complexity index is 893. The number of amides is 1. The van der Waals surface area contributed by atoms with Crippen molar-refractivity contribution in [2.24, 2.45) is 5.92 Å². The molecule has 0 bridgehead atoms. The number of hydrogen-bond acceptors (Lipinski definition) is 4. The molecule has 1 amide bonds. The average Bonchev–Trinajstić information content (AvgIpc) is 3.10. The van der Waals surface area contributed by atoms with E-state index in [1.807, 2.05) is 0 Å². The van der Waals surface area contributed by atoms with E-state index in [9.17, 15) is 28.2 Å². The van der Waals surface area contributed by atoms with Gasteiger partial charge in [0.1, 0.15) is 0 Å². The molecular formula is C20H23ClF3N3O3. The molecular weight excluding hydrogens is 423 g/mol. The number of alkyl halides is 3. The molecule has 30 heavy (non-hydrogen) atoms. The molecule has 1 heterocycles. The van der Waals surface area contributed by atoms with Crippen LogP contribution in [0.1, 0.15) is 53.0 Å². The zero-order valence-corrected chi connectivity index (χ0v) is 16.9. The van der Waals surface area contributed by atoms with Crippen LogP contribution in [0.3, 0.4) is 0 Å². The molecule has 0 radical (unpaired) electrons. The van der Waals surface area contributed by atoms with Crippen molar-refractivity contribution in [2.75, 3.05) is 0 Å². The summed E-state index contributed by atoms with van der Waals surface area (Å²) < 4.78 is 40.4. The minimum absolute atomic E-state index is 0.0240. The van der Waals surface area contributed by atoms with Crippen LogP contribution < -0.4 is 5.32 Å². The molecule has 1 aromatic heterocycles. The number of aliphatic hydroxyl groups excluding tert-OH is 2. The molecule has 6 nitrogen and oxygen atoms in total. The third-order valence-corrected chi connectivity index (χ3v) is 5.72. The van der Waals surface area contributed by atoms with Gasteiger partial charge in [0.2, 0.25) is 0 Å². The van der Waals surface area contributed by atoms with Crippen LogP contribution in [-0.4, -0.2) is 31.9 Å². The van der Waals surface area contributed by atoms with Gasteiger partial charge in [0.15, 0.2) is 0 Å². The van der Waals surface area contributed by atoms with Crippen molar-refractivity contribution in [2.45, 2.75) is 57.7 Å². The Morgan fingerprint density at radius 1 is 1.17 bits per heavy atom. The zero-order chi connectivity index (χ0) is 21.9. The fourth-order valence-electron chi connectivity index (χ4n) is 3.75. The van der Waals surface area contributed by atoms with Gasteiger partial charge in [-0.05, 0) is 55.9 Å². The Labute approximate surface area is 176 Å². The van der Waals surface area contributed by atoms with Crippen LogP contribution in [0.5, 0.6) is 0 Å². The summed E-state index contributed by atoms with van der Waals surface area (Å²) in [5.41, 5.74) is 0.0304. The molecule has 2 aromatic rings. The fraction of sp³-hybridized carbons (Fsp3) is 0.500. The summed E-state index contributed by atoms with van der Waals surface area (Å²) in [7, 11) is 0. The third-order valence-electron chi connectivity index (χ3n) is 5.39. The maximum atomic E-state index is 12.9. The maximum Gasteiger partial charge on any atom is 0.416 e. The Morgan fingerprint density at radius 2 is 1.87 bits per heavy atom. The first-order valence-corrected chi connectivity index (χ1v) is 10.0. The monoisotopic (exact) mass is 445 g/mol. The number of carbonyl (C=O) groups is 1. The molecule has 164 valence electrons. The second-order valence-corrected chi connectivity index (χ2v) is 7.92. The van der Waals surface area contributed by atoms with Crippen LogP contribution in [0.2, 0.25) is 5.02 Å². The molecule has 10 heteroatoms. The largest absolute Gasteiger partial charge is 0.416 e. The van der Waals surface area contributed by atoms with E-state index >= 15 is 0 Å². The van der Waals surface area contributed by atoms with E-state index in [0.717, 1.165) is 31.0 Å². The Balaban J connectivity index is 1.57. The first-order chi connectivity index (χ1) is 14.2. The highest BCUT2D eigenvalue weighted by Crippen LogP contribution is 2.32.